The number of nitrogens with zero attached hydrogens (tertiary/aromatic N) is 3. The zero-order valence-electron chi connectivity index (χ0n) is 14.2. The van der Waals surface area contributed by atoms with Gasteiger partial charge in [-0.1, -0.05) is 12.1 Å². The van der Waals surface area contributed by atoms with Crippen LogP contribution in [0.5, 0.6) is 0 Å². The van der Waals surface area contributed by atoms with Crippen LogP contribution in [0.2, 0.25) is 0 Å². The molecule has 4 rings (SSSR count). The van der Waals surface area contributed by atoms with Crippen LogP contribution in [0.1, 0.15) is 17.0 Å². The number of hydrogen-bond donors (Lipinski definition) is 1. The van der Waals surface area contributed by atoms with Gasteiger partial charge >= 0.3 is 0 Å². The molecule has 0 aliphatic heterocycles. The number of rotatable bonds is 5. The maximum absolute atomic E-state index is 13.3. The molecule has 1 aromatic carbocycles. The highest BCUT2D eigenvalue weighted by Gasteiger charge is 2.27. The number of benzene rings is 1. The van der Waals surface area contributed by atoms with Gasteiger partial charge in [0, 0.05) is 43.4 Å². The molecule has 5 nitrogen and oxygen atoms in total. The van der Waals surface area contributed by atoms with Crippen LogP contribution in [-0.4, -0.2) is 27.2 Å². The fourth-order valence-electron chi connectivity index (χ4n) is 3.31. The first-order valence-corrected chi connectivity index (χ1v) is 8.70. The number of hydrogen-bond acceptors (Lipinski definition) is 3. The second kappa shape index (κ2) is 7.07. The summed E-state index contributed by atoms with van der Waals surface area (Å²) in [5, 5.41) is 7.43. The summed E-state index contributed by atoms with van der Waals surface area (Å²) in [5.41, 5.74) is 3.73. The second-order valence-electron chi connectivity index (χ2n) is 6.49. The minimum atomic E-state index is -0.293. The van der Waals surface area contributed by atoms with Crippen LogP contribution in [-0.2, 0) is 24.1 Å². The van der Waals surface area contributed by atoms with E-state index in [-0.39, 0.29) is 17.6 Å². The summed E-state index contributed by atoms with van der Waals surface area (Å²) < 4.78 is 14.9. The zero-order valence-corrected chi connectivity index (χ0v) is 14.2. The molecule has 0 radical (unpaired) electrons. The van der Waals surface area contributed by atoms with Crippen LogP contribution in [0, 0.1) is 11.7 Å². The Bertz CT molecular complexity index is 912. The number of aromatic nitrogens is 3. The van der Waals surface area contributed by atoms with Gasteiger partial charge in [-0.05, 0) is 42.3 Å². The van der Waals surface area contributed by atoms with Crippen LogP contribution in [0.25, 0.3) is 5.69 Å². The van der Waals surface area contributed by atoms with Crippen molar-refractivity contribution >= 4 is 5.91 Å². The van der Waals surface area contributed by atoms with Crippen molar-refractivity contribution in [2.75, 3.05) is 6.54 Å². The van der Waals surface area contributed by atoms with Gasteiger partial charge in [0.15, 0.2) is 0 Å². The second-order valence-corrected chi connectivity index (χ2v) is 6.49. The number of pyridine rings is 1. The molecule has 2 heterocycles. The molecule has 1 N–H and O–H groups in total. The number of fused-ring (bicyclic) bond motifs is 1. The van der Waals surface area contributed by atoms with E-state index < -0.39 is 0 Å². The topological polar surface area (TPSA) is 59.8 Å². The van der Waals surface area contributed by atoms with Crippen LogP contribution in [0.3, 0.4) is 0 Å². The molecule has 2 aromatic heterocycles. The van der Waals surface area contributed by atoms with E-state index in [0.717, 1.165) is 17.8 Å². The van der Waals surface area contributed by atoms with Crippen LogP contribution < -0.4 is 5.32 Å². The first kappa shape index (κ1) is 16.4. The third-order valence-corrected chi connectivity index (χ3v) is 4.66. The fraction of sp³-hybridized carbons (Fsp3) is 0.250. The monoisotopic (exact) mass is 350 g/mol. The van der Waals surface area contributed by atoms with Gasteiger partial charge in [-0.3, -0.25) is 9.78 Å². The van der Waals surface area contributed by atoms with Crippen LogP contribution in [0.15, 0.2) is 54.9 Å². The van der Waals surface area contributed by atoms with Gasteiger partial charge in [0.05, 0.1) is 11.4 Å². The lowest BCUT2D eigenvalue weighted by molar-refractivity contribution is -0.124. The summed E-state index contributed by atoms with van der Waals surface area (Å²) in [5.74, 6) is -0.267. The van der Waals surface area contributed by atoms with E-state index in [4.69, 9.17) is 0 Å². The minimum Gasteiger partial charge on any atom is -0.355 e. The number of amides is 1. The van der Waals surface area contributed by atoms with Crippen LogP contribution in [0.4, 0.5) is 4.39 Å². The normalized spacial score (nSPS) is 15.7. The van der Waals surface area contributed by atoms with Gasteiger partial charge in [-0.15, -0.1) is 0 Å². The SMILES string of the molecule is O=C(NCCc1ccn(-c2cccc(F)c2)n1)C1Cc2cccnc2C1. The van der Waals surface area contributed by atoms with Crippen molar-refractivity contribution in [2.45, 2.75) is 19.3 Å². The van der Waals surface area contributed by atoms with E-state index >= 15 is 0 Å². The third-order valence-electron chi connectivity index (χ3n) is 4.66. The first-order valence-electron chi connectivity index (χ1n) is 8.70. The van der Waals surface area contributed by atoms with Gasteiger partial charge < -0.3 is 5.32 Å². The maximum Gasteiger partial charge on any atom is 0.223 e. The summed E-state index contributed by atoms with van der Waals surface area (Å²) in [4.78, 5) is 16.7. The van der Waals surface area contributed by atoms with Crippen molar-refractivity contribution in [3.8, 4) is 5.69 Å². The Morgan fingerprint density at radius 3 is 3.00 bits per heavy atom. The van der Waals surface area contributed by atoms with Crippen molar-refractivity contribution in [1.82, 2.24) is 20.1 Å². The standard InChI is InChI=1S/C20H19FN4O/c21-16-4-1-5-18(13-16)25-10-7-17(24-25)6-9-23-20(26)15-11-14-3-2-8-22-19(14)12-15/h1-5,7-8,10,13,15H,6,9,11-12H2,(H,23,26). The molecule has 1 amide bonds. The van der Waals surface area contributed by atoms with Gasteiger partial charge in [0.25, 0.3) is 0 Å². The van der Waals surface area contributed by atoms with Gasteiger partial charge in [0.1, 0.15) is 5.82 Å². The molecular formula is C20H19FN4O. The lowest BCUT2D eigenvalue weighted by atomic mass is 10.1. The summed E-state index contributed by atoms with van der Waals surface area (Å²) in [6, 6.07) is 12.1. The van der Waals surface area contributed by atoms with Gasteiger partial charge in [-0.25, -0.2) is 9.07 Å². The summed E-state index contributed by atoms with van der Waals surface area (Å²) in [7, 11) is 0. The zero-order chi connectivity index (χ0) is 17.9. The molecule has 0 spiro atoms. The van der Waals surface area contributed by atoms with Crippen molar-refractivity contribution < 1.29 is 9.18 Å². The Kier molecular flexibility index (Phi) is 4.48. The van der Waals surface area contributed by atoms with E-state index in [1.165, 1.54) is 17.7 Å². The van der Waals surface area contributed by atoms with Crippen molar-refractivity contribution in [3.05, 3.63) is 77.6 Å². The Morgan fingerprint density at radius 2 is 2.15 bits per heavy atom. The van der Waals surface area contributed by atoms with E-state index in [0.29, 0.717) is 25.1 Å². The van der Waals surface area contributed by atoms with Crippen molar-refractivity contribution in [1.29, 1.82) is 0 Å². The molecular weight excluding hydrogens is 331 g/mol. The molecule has 0 fully saturated rings. The molecule has 26 heavy (non-hydrogen) atoms. The Hall–Kier alpha value is -3.02. The molecule has 1 aliphatic rings. The molecule has 1 unspecified atom stereocenters. The summed E-state index contributed by atoms with van der Waals surface area (Å²) >= 11 is 0. The maximum atomic E-state index is 13.3. The molecule has 132 valence electrons. The lowest BCUT2D eigenvalue weighted by Gasteiger charge is -2.09. The Morgan fingerprint density at radius 1 is 1.23 bits per heavy atom. The molecule has 0 saturated heterocycles. The quantitative estimate of drug-likeness (QED) is 0.769. The lowest BCUT2D eigenvalue weighted by Crippen LogP contribution is -2.32. The van der Waals surface area contributed by atoms with Gasteiger partial charge in [-0.2, -0.15) is 5.10 Å². The number of carbonyl (C=O) groups excluding carboxylic acids is 1. The Labute approximate surface area is 150 Å². The first-order chi connectivity index (χ1) is 12.7. The molecule has 1 atom stereocenters. The Balaban J connectivity index is 1.30. The summed E-state index contributed by atoms with van der Waals surface area (Å²) in [6.07, 6.45) is 5.66. The number of halogens is 1. The van der Waals surface area contributed by atoms with E-state index in [2.05, 4.69) is 15.4 Å². The molecule has 1 aliphatic carbocycles. The smallest absolute Gasteiger partial charge is 0.223 e. The highest BCUT2D eigenvalue weighted by Crippen LogP contribution is 2.24. The largest absolute Gasteiger partial charge is 0.355 e. The average molecular weight is 350 g/mol. The number of nitrogens with one attached hydrogen (secondary N) is 1. The molecule has 3 aromatic rings. The third kappa shape index (κ3) is 3.49. The van der Waals surface area contributed by atoms with Crippen molar-refractivity contribution in [3.63, 3.8) is 0 Å². The highest BCUT2D eigenvalue weighted by atomic mass is 19.1. The molecule has 0 saturated carbocycles. The molecule has 0 bridgehead atoms. The average Bonchev–Trinajstić information content (AvgIpc) is 3.28. The highest BCUT2D eigenvalue weighted by molar-refractivity contribution is 5.80. The van der Waals surface area contributed by atoms with E-state index in [1.54, 1.807) is 29.2 Å². The predicted octanol–water partition coefficient (Wildman–Crippen LogP) is 2.48. The number of carbonyl (C=O) groups is 1. The van der Waals surface area contributed by atoms with Gasteiger partial charge in [0.2, 0.25) is 5.91 Å². The van der Waals surface area contributed by atoms with Crippen molar-refractivity contribution in [2.24, 2.45) is 5.92 Å². The van der Waals surface area contributed by atoms with Crippen LogP contribution >= 0.6 is 0 Å². The molecule has 6 heteroatoms. The fourth-order valence-corrected chi connectivity index (χ4v) is 3.31. The van der Waals surface area contributed by atoms with E-state index in [1.807, 2.05) is 18.2 Å². The van der Waals surface area contributed by atoms with E-state index in [9.17, 15) is 9.18 Å². The minimum absolute atomic E-state index is 0.0373. The summed E-state index contributed by atoms with van der Waals surface area (Å²) in [6.45, 7) is 0.527. The predicted molar refractivity (Wildman–Crippen MR) is 95.4 cm³/mol.